The number of aromatic nitrogens is 4. The molecule has 3 fully saturated rings. The molecule has 4 aliphatic rings. The molecule has 3 amide bonds. The predicted molar refractivity (Wildman–Crippen MR) is 136 cm³/mol. The highest BCUT2D eigenvalue weighted by Crippen LogP contribution is 2.51. The van der Waals surface area contributed by atoms with Crippen LogP contribution in [0, 0.1) is 11.8 Å². The van der Waals surface area contributed by atoms with Gasteiger partial charge in [-0.1, -0.05) is 6.92 Å². The zero-order valence-corrected chi connectivity index (χ0v) is 22.5. The van der Waals surface area contributed by atoms with Crippen LogP contribution in [0.2, 0.25) is 0 Å². The largest absolute Gasteiger partial charge is 0.477 e. The summed E-state index contributed by atoms with van der Waals surface area (Å²) < 4.78 is 1.27. The lowest BCUT2D eigenvalue weighted by molar-refractivity contribution is -0.158. The number of nitrogens with one attached hydrogen (secondary N) is 2. The van der Waals surface area contributed by atoms with Gasteiger partial charge in [-0.05, 0) is 30.2 Å². The molecule has 6 N–H and O–H groups in total. The van der Waals surface area contributed by atoms with Crippen molar-refractivity contribution in [1.29, 1.82) is 0 Å². The van der Waals surface area contributed by atoms with E-state index in [1.54, 1.807) is 11.8 Å². The van der Waals surface area contributed by atoms with Gasteiger partial charge >= 0.3 is 5.97 Å². The summed E-state index contributed by atoms with van der Waals surface area (Å²) in [4.78, 5) is 54.6. The Morgan fingerprint density at radius 3 is 2.77 bits per heavy atom. The molecule has 212 valence electrons. The van der Waals surface area contributed by atoms with Crippen LogP contribution < -0.4 is 16.4 Å². The number of nitrogens with two attached hydrogens (primary N) is 1. The van der Waals surface area contributed by atoms with Crippen LogP contribution in [0.4, 0.5) is 0 Å². The molecule has 0 saturated carbocycles. The van der Waals surface area contributed by atoms with Crippen molar-refractivity contribution in [2.24, 2.45) is 17.6 Å². The summed E-state index contributed by atoms with van der Waals surface area (Å²) in [7, 11) is 0. The van der Waals surface area contributed by atoms with Crippen LogP contribution in [0.3, 0.4) is 0 Å². The highest BCUT2D eigenvalue weighted by Gasteiger charge is 2.60. The quantitative estimate of drug-likeness (QED) is 0.195. The average Bonchev–Trinajstić information content (AvgIpc) is 3.67. The van der Waals surface area contributed by atoms with E-state index in [-0.39, 0.29) is 59.8 Å². The van der Waals surface area contributed by atoms with Crippen molar-refractivity contribution in [3.63, 3.8) is 0 Å². The second-order valence-corrected chi connectivity index (χ2v) is 12.0. The van der Waals surface area contributed by atoms with Crippen LogP contribution in [-0.2, 0) is 25.7 Å². The van der Waals surface area contributed by atoms with Crippen molar-refractivity contribution >= 4 is 35.5 Å². The van der Waals surface area contributed by atoms with E-state index in [2.05, 4.69) is 26.2 Å². The third-order valence-electron chi connectivity index (χ3n) is 8.04. The molecule has 1 unspecified atom stereocenters. The first kappa shape index (κ1) is 27.5. The molecule has 39 heavy (non-hydrogen) atoms. The number of carboxylic acid groups (broad SMARTS) is 1. The maximum atomic E-state index is 13.1. The summed E-state index contributed by atoms with van der Waals surface area (Å²) in [6, 6.07) is -1.82. The maximum absolute atomic E-state index is 13.1. The Morgan fingerprint density at radius 1 is 1.33 bits per heavy atom. The molecule has 0 aromatic carbocycles. The number of carbonyl (C=O) groups is 4. The number of aliphatic carboxylic acids is 1. The highest BCUT2D eigenvalue weighted by atomic mass is 32.2. The number of amides is 3. The fourth-order valence-electron chi connectivity index (χ4n) is 6.24. The zero-order valence-electron chi connectivity index (χ0n) is 21.6. The van der Waals surface area contributed by atoms with Gasteiger partial charge in [0.1, 0.15) is 18.6 Å². The first-order valence-electron chi connectivity index (χ1n) is 13.0. The molecule has 0 radical (unpaired) electrons. The van der Waals surface area contributed by atoms with Crippen molar-refractivity contribution in [2.45, 2.75) is 68.7 Å². The standard InChI is InChI=1S/C23H33N9O6S/c1-10-18-17(11(2)27-16(34)7-30-9-26-28-29-30)22(36)32(18)19(23(37)38)20(10)39-14-4-15(25-5-14)21(35)31-6-12(24)3-13(31)8-33/h9-15,17-18,25,33H,3-8,24H2,1-2H3,(H,27,34)(H,37,38)/t10-,11?,12+,13+,14+,15+,17-,18-/m1/s1. The average molecular weight is 564 g/mol. The summed E-state index contributed by atoms with van der Waals surface area (Å²) in [5.74, 6) is -2.81. The van der Waals surface area contributed by atoms with E-state index >= 15 is 0 Å². The van der Waals surface area contributed by atoms with E-state index in [9.17, 15) is 29.4 Å². The van der Waals surface area contributed by atoms with Gasteiger partial charge in [0.05, 0.1) is 30.7 Å². The van der Waals surface area contributed by atoms with Gasteiger partial charge in [-0.15, -0.1) is 16.9 Å². The number of aliphatic hydroxyl groups excluding tert-OH is 1. The lowest BCUT2D eigenvalue weighted by atomic mass is 9.78. The van der Waals surface area contributed by atoms with Crippen molar-refractivity contribution in [1.82, 2.24) is 40.6 Å². The van der Waals surface area contributed by atoms with E-state index in [1.807, 2.05) is 6.92 Å². The number of β-lactam (4-membered cyclic amide) rings is 1. The van der Waals surface area contributed by atoms with Crippen LogP contribution in [0.1, 0.15) is 26.7 Å². The van der Waals surface area contributed by atoms with Gasteiger partial charge in [-0.3, -0.25) is 14.4 Å². The van der Waals surface area contributed by atoms with Crippen molar-refractivity contribution in [2.75, 3.05) is 19.7 Å². The Kier molecular flexibility index (Phi) is 7.63. The van der Waals surface area contributed by atoms with Gasteiger partial charge in [-0.25, -0.2) is 9.48 Å². The number of nitrogens with zero attached hydrogens (tertiary/aromatic N) is 6. The Bertz CT molecular complexity index is 1180. The van der Waals surface area contributed by atoms with E-state index in [1.165, 1.54) is 27.7 Å². The summed E-state index contributed by atoms with van der Waals surface area (Å²) in [5.41, 5.74) is 5.98. The van der Waals surface area contributed by atoms with Crippen molar-refractivity contribution in [3.05, 3.63) is 16.9 Å². The number of fused-ring (bicyclic) bond motifs is 1. The molecule has 15 nitrogen and oxygen atoms in total. The normalized spacial score (nSPS) is 32.8. The topological polar surface area (TPSA) is 209 Å². The minimum Gasteiger partial charge on any atom is -0.477 e. The second-order valence-electron chi connectivity index (χ2n) is 10.7. The molecule has 0 bridgehead atoms. The van der Waals surface area contributed by atoms with Gasteiger partial charge in [0.15, 0.2) is 0 Å². The molecule has 5 rings (SSSR count). The second kappa shape index (κ2) is 10.8. The molecule has 1 aromatic rings. The minimum atomic E-state index is -1.18. The fourth-order valence-corrected chi connectivity index (χ4v) is 7.72. The minimum absolute atomic E-state index is 0.0217. The van der Waals surface area contributed by atoms with Gasteiger partial charge in [0, 0.05) is 41.2 Å². The number of tetrazole rings is 1. The summed E-state index contributed by atoms with van der Waals surface area (Å²) >= 11 is 1.39. The fraction of sp³-hybridized carbons (Fsp3) is 0.696. The number of carbonyl (C=O) groups excluding carboxylic acids is 3. The molecule has 8 atom stereocenters. The predicted octanol–water partition coefficient (Wildman–Crippen LogP) is -2.67. The molecule has 1 aromatic heterocycles. The van der Waals surface area contributed by atoms with Gasteiger partial charge in [-0.2, -0.15) is 0 Å². The van der Waals surface area contributed by atoms with E-state index in [0.717, 1.165) is 0 Å². The van der Waals surface area contributed by atoms with E-state index in [4.69, 9.17) is 5.73 Å². The number of hydrogen-bond donors (Lipinski definition) is 5. The summed E-state index contributed by atoms with van der Waals surface area (Å²) in [5, 5.41) is 36.3. The first-order valence-corrected chi connectivity index (χ1v) is 13.9. The van der Waals surface area contributed by atoms with Gasteiger partial charge < -0.3 is 36.4 Å². The summed E-state index contributed by atoms with van der Waals surface area (Å²) in [6.45, 7) is 4.29. The first-order chi connectivity index (χ1) is 18.6. The van der Waals surface area contributed by atoms with E-state index < -0.39 is 30.0 Å². The lowest BCUT2D eigenvalue weighted by Crippen LogP contribution is -2.66. The highest BCUT2D eigenvalue weighted by molar-refractivity contribution is 8.03. The Morgan fingerprint density at radius 2 is 2.10 bits per heavy atom. The smallest absolute Gasteiger partial charge is 0.353 e. The number of rotatable bonds is 9. The molecule has 16 heteroatoms. The lowest BCUT2D eigenvalue weighted by Gasteiger charge is -2.47. The number of thioether (sulfide) groups is 1. The van der Waals surface area contributed by atoms with Crippen LogP contribution >= 0.6 is 11.8 Å². The molecule has 4 aliphatic heterocycles. The van der Waals surface area contributed by atoms with Crippen LogP contribution in [-0.4, -0.2) is 119 Å². The van der Waals surface area contributed by atoms with Gasteiger partial charge in [0.2, 0.25) is 17.7 Å². The molecule has 0 aliphatic carbocycles. The Hall–Kier alpha value is -3.08. The van der Waals surface area contributed by atoms with E-state index in [0.29, 0.717) is 30.8 Å². The molecule has 0 spiro atoms. The third kappa shape index (κ3) is 5.01. The molecular formula is C23H33N9O6S. The van der Waals surface area contributed by atoms with Crippen molar-refractivity contribution in [3.8, 4) is 0 Å². The van der Waals surface area contributed by atoms with Gasteiger partial charge in [0.25, 0.3) is 0 Å². The zero-order chi connectivity index (χ0) is 28.0. The van der Waals surface area contributed by atoms with Crippen molar-refractivity contribution < 1.29 is 29.4 Å². The molecule has 3 saturated heterocycles. The van der Waals surface area contributed by atoms with Crippen LogP contribution in [0.5, 0.6) is 0 Å². The summed E-state index contributed by atoms with van der Waals surface area (Å²) in [6.07, 6.45) is 2.36. The molecule has 5 heterocycles. The third-order valence-corrected chi connectivity index (χ3v) is 9.55. The Balaban J connectivity index is 1.23. The number of aliphatic hydroxyl groups is 1. The maximum Gasteiger partial charge on any atom is 0.353 e. The number of likely N-dealkylation sites (tertiary alicyclic amines) is 1. The Labute approximate surface area is 228 Å². The molecular weight excluding hydrogens is 530 g/mol. The number of carboxylic acids is 1. The van der Waals surface area contributed by atoms with Crippen LogP contribution in [0.25, 0.3) is 0 Å². The SMILES string of the molecule is CC(NC(=O)Cn1cnnn1)[C@H]1C(=O)N2C(C(=O)O)=C(S[C@@H]3CN[C@H](C(=O)N4C[C@@H](N)C[C@H]4CO)C3)[C@H](C)[C@H]12. The monoisotopic (exact) mass is 563 g/mol. The van der Waals surface area contributed by atoms with Crippen LogP contribution in [0.15, 0.2) is 16.9 Å². The number of hydrogen-bond acceptors (Lipinski definition) is 11.